The summed E-state index contributed by atoms with van der Waals surface area (Å²) in [5.41, 5.74) is 5.51. The van der Waals surface area contributed by atoms with Gasteiger partial charge in [-0.25, -0.2) is 14.6 Å². The lowest BCUT2D eigenvalue weighted by molar-refractivity contribution is -0.273. The van der Waals surface area contributed by atoms with Crippen LogP contribution in [0.25, 0.3) is 33.2 Å². The van der Waals surface area contributed by atoms with Crippen molar-refractivity contribution >= 4 is 16.9 Å². The van der Waals surface area contributed by atoms with Crippen molar-refractivity contribution in [3.63, 3.8) is 0 Å². The average Bonchev–Trinajstić information content (AvgIpc) is 3.18. The maximum atomic E-state index is 12.4. The number of ether oxygens (including phenoxy) is 1. The number of methoxy groups -OCH3 is 1. The van der Waals surface area contributed by atoms with Gasteiger partial charge < -0.3 is 9.30 Å². The van der Waals surface area contributed by atoms with Crippen molar-refractivity contribution in [1.82, 2.24) is 9.55 Å². The normalized spacial score (nSPS) is 11.0. The molecule has 30 heavy (non-hydrogen) atoms. The summed E-state index contributed by atoms with van der Waals surface area (Å²) in [5.74, 6) is -0.410. The first kappa shape index (κ1) is 19.8. The zero-order valence-electron chi connectivity index (χ0n) is 16.9. The van der Waals surface area contributed by atoms with Crippen molar-refractivity contribution in [2.45, 2.75) is 6.54 Å². The van der Waals surface area contributed by atoms with Gasteiger partial charge in [0.15, 0.2) is 0 Å². The van der Waals surface area contributed by atoms with Crippen LogP contribution >= 0.6 is 0 Å². The number of esters is 1. The predicted octanol–water partition coefficient (Wildman–Crippen LogP) is 4.73. The summed E-state index contributed by atoms with van der Waals surface area (Å²) in [6.07, 6.45) is 3.57. The summed E-state index contributed by atoms with van der Waals surface area (Å²) >= 11 is 0. The van der Waals surface area contributed by atoms with E-state index in [1.54, 1.807) is 6.20 Å². The monoisotopic (exact) mass is 402 g/mol. The summed E-state index contributed by atoms with van der Waals surface area (Å²) in [4.78, 5) is 26.5. The summed E-state index contributed by atoms with van der Waals surface area (Å²) in [7, 11) is 2.83. The molecule has 0 saturated carbocycles. The molecule has 0 radical (unpaired) electrons. The van der Waals surface area contributed by atoms with Gasteiger partial charge in [-0.1, -0.05) is 48.5 Å². The number of fused-ring (bicyclic) bond motifs is 1. The van der Waals surface area contributed by atoms with Crippen LogP contribution in [-0.2, 0) is 21.1 Å². The van der Waals surface area contributed by atoms with Crippen LogP contribution in [0.15, 0.2) is 73.1 Å². The Bertz CT molecular complexity index is 1170. The summed E-state index contributed by atoms with van der Waals surface area (Å²) in [6.45, 7) is 0.717. The molecular formula is C24H22N2O4. The van der Waals surface area contributed by atoms with Gasteiger partial charge in [-0.3, -0.25) is 4.98 Å². The molecular weight excluding hydrogens is 380 g/mol. The highest BCUT2D eigenvalue weighted by atomic mass is 17.2. The minimum Gasteiger partial charge on any atom is -0.464 e. The Morgan fingerprint density at radius 3 is 2.47 bits per heavy atom. The first-order chi connectivity index (χ1) is 14.7. The highest BCUT2D eigenvalue weighted by Gasteiger charge is 2.19. The van der Waals surface area contributed by atoms with Gasteiger partial charge >= 0.3 is 5.97 Å². The molecule has 2 heterocycles. The van der Waals surface area contributed by atoms with Gasteiger partial charge in [0.05, 0.1) is 32.5 Å². The standard InChI is InChI=1S/C24H22N2O4/c1-28-24(27)22-14-20-21(15-25-16-23(20)26(22)11-12-30-29-2)19-10-6-9-18(13-19)17-7-4-3-5-8-17/h3-10,13-16H,11-12H2,1-2H3. The fraction of sp³-hybridized carbons (Fsp3) is 0.167. The number of pyridine rings is 1. The van der Waals surface area contributed by atoms with Crippen LogP contribution in [0, 0.1) is 0 Å². The second-order valence-electron chi connectivity index (χ2n) is 6.73. The zero-order valence-corrected chi connectivity index (χ0v) is 16.9. The molecule has 0 aliphatic heterocycles. The van der Waals surface area contributed by atoms with Crippen LogP contribution in [-0.4, -0.2) is 36.3 Å². The molecule has 4 aromatic rings. The number of carbonyl (C=O) groups excluding carboxylic acids is 1. The minimum absolute atomic E-state index is 0.290. The second kappa shape index (κ2) is 8.90. The molecule has 152 valence electrons. The molecule has 6 nitrogen and oxygen atoms in total. The fourth-order valence-corrected chi connectivity index (χ4v) is 3.62. The van der Waals surface area contributed by atoms with Gasteiger partial charge in [0, 0.05) is 17.1 Å². The number of hydrogen-bond acceptors (Lipinski definition) is 5. The van der Waals surface area contributed by atoms with Crippen LogP contribution in [0.3, 0.4) is 0 Å². The Morgan fingerprint density at radius 1 is 0.933 bits per heavy atom. The summed E-state index contributed by atoms with van der Waals surface area (Å²) < 4.78 is 6.83. The molecule has 0 aliphatic carbocycles. The van der Waals surface area contributed by atoms with Gasteiger partial charge in [0.2, 0.25) is 0 Å². The fourth-order valence-electron chi connectivity index (χ4n) is 3.62. The van der Waals surface area contributed by atoms with Crippen LogP contribution in [0.4, 0.5) is 0 Å². The number of aromatic nitrogens is 2. The van der Waals surface area contributed by atoms with E-state index in [1.165, 1.54) is 14.2 Å². The van der Waals surface area contributed by atoms with E-state index in [9.17, 15) is 4.79 Å². The lowest BCUT2D eigenvalue weighted by Gasteiger charge is -2.10. The molecule has 2 aromatic carbocycles. The lowest BCUT2D eigenvalue weighted by atomic mass is 9.98. The maximum absolute atomic E-state index is 12.4. The Kier molecular flexibility index (Phi) is 5.88. The third kappa shape index (κ3) is 3.83. The number of rotatable bonds is 7. The quantitative estimate of drug-likeness (QED) is 0.193. The van der Waals surface area contributed by atoms with Crippen molar-refractivity contribution in [2.24, 2.45) is 0 Å². The van der Waals surface area contributed by atoms with Crippen molar-refractivity contribution in [3.8, 4) is 22.3 Å². The van der Waals surface area contributed by atoms with Crippen LogP contribution in [0.5, 0.6) is 0 Å². The Hall–Kier alpha value is -3.48. The molecule has 0 spiro atoms. The van der Waals surface area contributed by atoms with E-state index < -0.39 is 5.97 Å². The third-order valence-corrected chi connectivity index (χ3v) is 5.02. The van der Waals surface area contributed by atoms with E-state index in [0.29, 0.717) is 12.2 Å². The van der Waals surface area contributed by atoms with Crippen molar-refractivity contribution in [3.05, 3.63) is 78.8 Å². The SMILES string of the molecule is COOCCn1c(C(=O)OC)cc2c(-c3cccc(-c4ccccc4)c3)cncc21. The van der Waals surface area contributed by atoms with Gasteiger partial charge in [-0.15, -0.1) is 0 Å². The smallest absolute Gasteiger partial charge is 0.354 e. The Labute approximate surface area is 174 Å². The topological polar surface area (TPSA) is 62.6 Å². The molecule has 0 atom stereocenters. The first-order valence-corrected chi connectivity index (χ1v) is 9.60. The van der Waals surface area contributed by atoms with Gasteiger partial charge in [-0.2, -0.15) is 0 Å². The number of hydrogen-bond donors (Lipinski definition) is 0. The Morgan fingerprint density at radius 2 is 1.70 bits per heavy atom. The number of benzene rings is 2. The molecule has 6 heteroatoms. The van der Waals surface area contributed by atoms with E-state index in [2.05, 4.69) is 34.1 Å². The molecule has 0 unspecified atom stereocenters. The van der Waals surface area contributed by atoms with Crippen LogP contribution in [0.1, 0.15) is 10.5 Å². The van der Waals surface area contributed by atoms with Crippen molar-refractivity contribution in [2.75, 3.05) is 20.8 Å². The van der Waals surface area contributed by atoms with Gasteiger partial charge in [0.1, 0.15) is 12.3 Å². The third-order valence-electron chi connectivity index (χ3n) is 5.02. The molecule has 0 N–H and O–H groups in total. The lowest BCUT2D eigenvalue weighted by Crippen LogP contribution is -2.13. The van der Waals surface area contributed by atoms with Crippen LogP contribution in [0.2, 0.25) is 0 Å². The molecule has 4 rings (SSSR count). The number of nitrogens with zero attached hydrogens (tertiary/aromatic N) is 2. The van der Waals surface area contributed by atoms with Gasteiger partial charge in [0.25, 0.3) is 0 Å². The highest BCUT2D eigenvalue weighted by molar-refractivity contribution is 6.01. The largest absolute Gasteiger partial charge is 0.464 e. The zero-order chi connectivity index (χ0) is 20.9. The first-order valence-electron chi connectivity index (χ1n) is 9.60. The average molecular weight is 402 g/mol. The van der Waals surface area contributed by atoms with Gasteiger partial charge in [-0.05, 0) is 28.8 Å². The maximum Gasteiger partial charge on any atom is 0.354 e. The summed E-state index contributed by atoms with van der Waals surface area (Å²) in [5, 5.41) is 0.924. The van der Waals surface area contributed by atoms with E-state index in [1.807, 2.05) is 47.2 Å². The van der Waals surface area contributed by atoms with Crippen molar-refractivity contribution in [1.29, 1.82) is 0 Å². The van der Waals surface area contributed by atoms with E-state index in [-0.39, 0.29) is 6.61 Å². The summed E-state index contributed by atoms with van der Waals surface area (Å²) in [6, 6.07) is 20.4. The highest BCUT2D eigenvalue weighted by Crippen LogP contribution is 2.33. The van der Waals surface area contributed by atoms with E-state index in [0.717, 1.165) is 33.2 Å². The molecule has 0 bridgehead atoms. The minimum atomic E-state index is -0.410. The molecule has 0 saturated heterocycles. The van der Waals surface area contributed by atoms with E-state index in [4.69, 9.17) is 9.62 Å². The second-order valence-corrected chi connectivity index (χ2v) is 6.73. The van der Waals surface area contributed by atoms with Crippen LogP contribution < -0.4 is 0 Å². The number of carbonyl (C=O) groups is 1. The molecule has 2 aromatic heterocycles. The Balaban J connectivity index is 1.83. The molecule has 0 amide bonds. The molecule has 0 fully saturated rings. The molecule has 0 aliphatic rings. The predicted molar refractivity (Wildman–Crippen MR) is 115 cm³/mol. The van der Waals surface area contributed by atoms with Crippen molar-refractivity contribution < 1.29 is 19.3 Å². The van der Waals surface area contributed by atoms with E-state index >= 15 is 0 Å².